The summed E-state index contributed by atoms with van der Waals surface area (Å²) in [6.45, 7) is 7.85. The standard InChI is InChI=1S/C20H19FN6.C2H6/c1-15(20-8-4-5-10-23-20)24-25-27(3)19-12-16(21)11-18(13-19)26(2)17-7-6-9-22-14-17;1-2/h4-14H,1H2,2-3H3;1-2H3. The van der Waals surface area contributed by atoms with Crippen molar-refractivity contribution in [3.05, 3.63) is 85.2 Å². The topological polar surface area (TPSA) is 57.0 Å². The second-order valence-electron chi connectivity index (χ2n) is 5.81. The van der Waals surface area contributed by atoms with Gasteiger partial charge in [0.1, 0.15) is 11.5 Å². The summed E-state index contributed by atoms with van der Waals surface area (Å²) in [5, 5.41) is 9.67. The van der Waals surface area contributed by atoms with Crippen molar-refractivity contribution in [1.82, 2.24) is 9.97 Å². The molecule has 7 heteroatoms. The molecule has 0 radical (unpaired) electrons. The third-order valence-electron chi connectivity index (χ3n) is 3.92. The number of aromatic nitrogens is 2. The lowest BCUT2D eigenvalue weighted by Crippen LogP contribution is -2.13. The highest BCUT2D eigenvalue weighted by atomic mass is 19.1. The van der Waals surface area contributed by atoms with Gasteiger partial charge in [-0.15, -0.1) is 5.11 Å². The minimum atomic E-state index is -0.371. The first kappa shape index (κ1) is 21.7. The molecule has 1 aromatic carbocycles. The molecule has 3 aromatic rings. The second-order valence-corrected chi connectivity index (χ2v) is 5.81. The maximum atomic E-state index is 14.2. The van der Waals surface area contributed by atoms with Crippen LogP contribution < -0.4 is 9.91 Å². The number of anilines is 3. The zero-order valence-corrected chi connectivity index (χ0v) is 17.1. The monoisotopic (exact) mass is 392 g/mol. The quantitative estimate of drug-likeness (QED) is 0.388. The van der Waals surface area contributed by atoms with Crippen molar-refractivity contribution in [2.75, 3.05) is 24.0 Å². The lowest BCUT2D eigenvalue weighted by atomic mass is 10.2. The first-order valence-electron chi connectivity index (χ1n) is 9.24. The van der Waals surface area contributed by atoms with E-state index in [0.717, 1.165) is 5.69 Å². The molecule has 0 N–H and O–H groups in total. The molecule has 0 fully saturated rings. The second kappa shape index (κ2) is 10.7. The summed E-state index contributed by atoms with van der Waals surface area (Å²) in [6, 6.07) is 13.8. The molecular weight excluding hydrogens is 367 g/mol. The van der Waals surface area contributed by atoms with Crippen LogP contribution in [-0.4, -0.2) is 24.1 Å². The van der Waals surface area contributed by atoms with Crippen molar-refractivity contribution in [3.8, 4) is 0 Å². The minimum absolute atomic E-state index is 0.371. The molecule has 0 unspecified atom stereocenters. The van der Waals surface area contributed by atoms with Gasteiger partial charge < -0.3 is 4.90 Å². The molecule has 2 heterocycles. The van der Waals surface area contributed by atoms with Gasteiger partial charge in [0.05, 0.1) is 23.3 Å². The fourth-order valence-electron chi connectivity index (χ4n) is 2.40. The van der Waals surface area contributed by atoms with Crippen molar-refractivity contribution in [1.29, 1.82) is 0 Å². The highest BCUT2D eigenvalue weighted by molar-refractivity contribution is 5.66. The normalized spacial score (nSPS) is 10.2. The lowest BCUT2D eigenvalue weighted by molar-refractivity contribution is 0.627. The molecule has 150 valence electrons. The van der Waals surface area contributed by atoms with Crippen LogP contribution in [-0.2, 0) is 0 Å². The SMILES string of the molecule is C=C(N=NN(C)c1cc(F)cc(N(C)c2cccnc2)c1)c1ccccn1.CC. The number of rotatable bonds is 6. The van der Waals surface area contributed by atoms with E-state index >= 15 is 0 Å². The minimum Gasteiger partial charge on any atom is -0.343 e. The van der Waals surface area contributed by atoms with Crippen LogP contribution in [0.15, 0.2) is 84.0 Å². The number of pyridine rings is 2. The summed E-state index contributed by atoms with van der Waals surface area (Å²) in [7, 11) is 3.54. The van der Waals surface area contributed by atoms with Crippen LogP contribution >= 0.6 is 0 Å². The number of benzene rings is 1. The van der Waals surface area contributed by atoms with Crippen LogP contribution in [0.5, 0.6) is 0 Å². The van der Waals surface area contributed by atoms with E-state index in [2.05, 4.69) is 26.9 Å². The van der Waals surface area contributed by atoms with Gasteiger partial charge in [0.25, 0.3) is 0 Å². The molecule has 0 atom stereocenters. The predicted molar refractivity (Wildman–Crippen MR) is 117 cm³/mol. The van der Waals surface area contributed by atoms with Gasteiger partial charge in [0, 0.05) is 32.2 Å². The maximum absolute atomic E-state index is 14.2. The van der Waals surface area contributed by atoms with Gasteiger partial charge in [-0.3, -0.25) is 9.97 Å². The molecule has 3 rings (SSSR count). The fourth-order valence-corrected chi connectivity index (χ4v) is 2.40. The maximum Gasteiger partial charge on any atom is 0.127 e. The van der Waals surface area contributed by atoms with Crippen molar-refractivity contribution in [3.63, 3.8) is 0 Å². The van der Waals surface area contributed by atoms with Gasteiger partial charge in [-0.2, -0.15) is 0 Å². The van der Waals surface area contributed by atoms with E-state index in [9.17, 15) is 4.39 Å². The Kier molecular flexibility index (Phi) is 7.97. The van der Waals surface area contributed by atoms with Gasteiger partial charge in [0.2, 0.25) is 0 Å². The first-order valence-corrected chi connectivity index (χ1v) is 9.24. The summed E-state index contributed by atoms with van der Waals surface area (Å²) in [6.07, 6.45) is 5.06. The van der Waals surface area contributed by atoms with Crippen LogP contribution in [0.25, 0.3) is 5.70 Å². The van der Waals surface area contributed by atoms with E-state index in [0.29, 0.717) is 22.8 Å². The molecule has 0 spiro atoms. The van der Waals surface area contributed by atoms with Gasteiger partial charge in [-0.05, 0) is 42.5 Å². The van der Waals surface area contributed by atoms with Gasteiger partial charge in [-0.25, -0.2) is 9.40 Å². The Morgan fingerprint density at radius 3 is 2.38 bits per heavy atom. The Labute approximate surface area is 171 Å². The van der Waals surface area contributed by atoms with E-state index in [1.807, 2.05) is 56.1 Å². The third-order valence-corrected chi connectivity index (χ3v) is 3.92. The average molecular weight is 392 g/mol. The number of halogens is 1. The van der Waals surface area contributed by atoms with E-state index < -0.39 is 0 Å². The molecule has 0 aliphatic heterocycles. The molecule has 0 bridgehead atoms. The third kappa shape index (κ3) is 5.93. The van der Waals surface area contributed by atoms with Gasteiger partial charge in [-0.1, -0.05) is 31.7 Å². The Morgan fingerprint density at radius 1 is 0.966 bits per heavy atom. The van der Waals surface area contributed by atoms with Gasteiger partial charge in [0.15, 0.2) is 0 Å². The molecule has 2 aromatic heterocycles. The molecular formula is C22H25FN6. The van der Waals surface area contributed by atoms with Crippen molar-refractivity contribution < 1.29 is 4.39 Å². The number of nitrogens with zero attached hydrogens (tertiary/aromatic N) is 6. The summed E-state index contributed by atoms with van der Waals surface area (Å²) in [5.41, 5.74) is 3.13. The van der Waals surface area contributed by atoms with Crippen molar-refractivity contribution >= 4 is 22.8 Å². The zero-order valence-electron chi connectivity index (χ0n) is 17.1. The Morgan fingerprint density at radius 2 is 1.72 bits per heavy atom. The predicted octanol–water partition coefficient (Wildman–Crippen LogP) is 5.88. The number of hydrogen-bond acceptors (Lipinski definition) is 5. The van der Waals surface area contributed by atoms with Gasteiger partial charge >= 0.3 is 0 Å². The summed E-state index contributed by atoms with van der Waals surface area (Å²) >= 11 is 0. The van der Waals surface area contributed by atoms with E-state index in [1.54, 1.807) is 31.7 Å². The molecule has 29 heavy (non-hydrogen) atoms. The smallest absolute Gasteiger partial charge is 0.127 e. The van der Waals surface area contributed by atoms with E-state index in [-0.39, 0.29) is 5.82 Å². The molecule has 6 nitrogen and oxygen atoms in total. The molecule has 0 saturated heterocycles. The summed E-state index contributed by atoms with van der Waals surface area (Å²) in [4.78, 5) is 10.1. The number of hydrogen-bond donors (Lipinski definition) is 0. The largest absolute Gasteiger partial charge is 0.343 e. The van der Waals surface area contributed by atoms with Crippen LogP contribution in [0.4, 0.5) is 21.5 Å². The van der Waals surface area contributed by atoms with Crippen LogP contribution in [0.1, 0.15) is 19.5 Å². The highest BCUT2D eigenvalue weighted by Crippen LogP contribution is 2.28. The Bertz CT molecular complexity index is 944. The fraction of sp³-hybridized carbons (Fsp3) is 0.182. The molecule has 0 amide bonds. The molecule has 0 saturated carbocycles. The summed E-state index contributed by atoms with van der Waals surface area (Å²) in [5.74, 6) is -0.371. The van der Waals surface area contributed by atoms with Crippen LogP contribution in [0, 0.1) is 5.82 Å². The Hall–Kier alpha value is -3.61. The first-order chi connectivity index (χ1) is 14.0. The average Bonchev–Trinajstić information content (AvgIpc) is 2.78. The van der Waals surface area contributed by atoms with Crippen LogP contribution in [0.3, 0.4) is 0 Å². The van der Waals surface area contributed by atoms with Crippen LogP contribution in [0.2, 0.25) is 0 Å². The zero-order chi connectivity index (χ0) is 21.2. The van der Waals surface area contributed by atoms with E-state index in [1.165, 1.54) is 17.1 Å². The molecule has 0 aliphatic rings. The lowest BCUT2D eigenvalue weighted by Gasteiger charge is -2.21. The summed E-state index contributed by atoms with van der Waals surface area (Å²) < 4.78 is 14.2. The Balaban J connectivity index is 0.00000145. The molecule has 0 aliphatic carbocycles. The van der Waals surface area contributed by atoms with Crippen molar-refractivity contribution in [2.24, 2.45) is 10.3 Å². The van der Waals surface area contributed by atoms with E-state index in [4.69, 9.17) is 0 Å². The van der Waals surface area contributed by atoms with Crippen molar-refractivity contribution in [2.45, 2.75) is 13.8 Å². The highest BCUT2D eigenvalue weighted by Gasteiger charge is 2.10.